The molecule has 0 saturated carbocycles. The molecule has 6 heteroatoms. The maximum Gasteiger partial charge on any atom is 0.251 e. The summed E-state index contributed by atoms with van der Waals surface area (Å²) < 4.78 is 0. The fraction of sp³-hybridized carbons (Fsp3) is 0.467. The Hall–Kier alpha value is -1.59. The molecule has 2 amide bonds. The van der Waals surface area contributed by atoms with E-state index < -0.39 is 0 Å². The molecule has 0 aliphatic rings. The second-order valence-corrected chi connectivity index (χ2v) is 5.06. The monoisotopic (exact) mass is 313 g/mol. The summed E-state index contributed by atoms with van der Waals surface area (Å²) >= 11 is 0. The van der Waals surface area contributed by atoms with Crippen molar-refractivity contribution in [3.8, 4) is 0 Å². The lowest BCUT2D eigenvalue weighted by molar-refractivity contribution is -0.116. The maximum absolute atomic E-state index is 11.9. The molecule has 21 heavy (non-hydrogen) atoms. The summed E-state index contributed by atoms with van der Waals surface area (Å²) in [6, 6.07) is 5.40. The number of carbonyl (C=O) groups is 2. The van der Waals surface area contributed by atoms with Crippen LogP contribution in [0.25, 0.3) is 0 Å². The molecule has 0 aromatic heterocycles. The molecular formula is C15H24ClN3O2. The summed E-state index contributed by atoms with van der Waals surface area (Å²) in [4.78, 5) is 23.6. The van der Waals surface area contributed by atoms with E-state index in [0.717, 1.165) is 5.56 Å². The molecule has 1 aromatic rings. The van der Waals surface area contributed by atoms with Gasteiger partial charge < -0.3 is 16.0 Å². The van der Waals surface area contributed by atoms with E-state index in [1.165, 1.54) is 0 Å². The molecule has 1 aromatic carbocycles. The summed E-state index contributed by atoms with van der Waals surface area (Å²) in [5.74, 6) is -0.135. The Balaban J connectivity index is 0.00000400. The summed E-state index contributed by atoms with van der Waals surface area (Å²) in [6.07, 6.45) is 0.422. The lowest BCUT2D eigenvalue weighted by atomic mass is 10.1. The van der Waals surface area contributed by atoms with Crippen molar-refractivity contribution in [2.45, 2.75) is 33.2 Å². The van der Waals surface area contributed by atoms with Gasteiger partial charge in [0.15, 0.2) is 0 Å². The van der Waals surface area contributed by atoms with Crippen LogP contribution in [0.2, 0.25) is 0 Å². The number of rotatable bonds is 6. The van der Waals surface area contributed by atoms with Crippen LogP contribution in [0.4, 0.5) is 5.69 Å². The van der Waals surface area contributed by atoms with Crippen LogP contribution in [-0.2, 0) is 4.79 Å². The van der Waals surface area contributed by atoms with Gasteiger partial charge in [0.25, 0.3) is 5.91 Å². The Bertz CT molecular complexity index is 490. The highest BCUT2D eigenvalue weighted by atomic mass is 35.5. The number of anilines is 1. The van der Waals surface area contributed by atoms with Crippen LogP contribution in [0.1, 0.15) is 36.2 Å². The Labute approximate surface area is 132 Å². The largest absolute Gasteiger partial charge is 0.350 e. The zero-order valence-electron chi connectivity index (χ0n) is 12.9. The lowest BCUT2D eigenvalue weighted by Gasteiger charge is -2.12. The first-order valence-corrected chi connectivity index (χ1v) is 6.80. The van der Waals surface area contributed by atoms with Gasteiger partial charge in [0.1, 0.15) is 0 Å². The van der Waals surface area contributed by atoms with Crippen LogP contribution in [0.5, 0.6) is 0 Å². The van der Waals surface area contributed by atoms with Gasteiger partial charge in [-0.15, -0.1) is 12.4 Å². The van der Waals surface area contributed by atoms with E-state index >= 15 is 0 Å². The number of benzene rings is 1. The molecular weight excluding hydrogens is 290 g/mol. The summed E-state index contributed by atoms with van der Waals surface area (Å²) in [6.45, 7) is 6.34. The number of aryl methyl sites for hydroxylation is 1. The molecule has 0 unspecified atom stereocenters. The van der Waals surface area contributed by atoms with Crippen molar-refractivity contribution in [2.24, 2.45) is 0 Å². The first kappa shape index (κ1) is 19.4. The van der Waals surface area contributed by atoms with Gasteiger partial charge in [0, 0.05) is 30.3 Å². The van der Waals surface area contributed by atoms with Crippen molar-refractivity contribution in [2.75, 3.05) is 18.9 Å². The van der Waals surface area contributed by atoms with Crippen LogP contribution in [0.3, 0.4) is 0 Å². The van der Waals surface area contributed by atoms with Gasteiger partial charge in [-0.25, -0.2) is 0 Å². The fourth-order valence-corrected chi connectivity index (χ4v) is 1.80. The standard InChI is InChI=1S/C15H23N3O2.ClH/c1-10(2)17-15(20)13-6-5-12(9-11(13)3)18-14(19)7-8-16-4;/h5-6,9-10,16H,7-8H2,1-4H3,(H,17,20)(H,18,19);1H. The van der Waals surface area contributed by atoms with Gasteiger partial charge in [0.05, 0.1) is 0 Å². The van der Waals surface area contributed by atoms with Crippen molar-refractivity contribution >= 4 is 29.9 Å². The number of hydrogen-bond acceptors (Lipinski definition) is 3. The molecule has 0 aliphatic carbocycles. The minimum absolute atomic E-state index is 0. The summed E-state index contributed by atoms with van der Waals surface area (Å²) in [7, 11) is 1.81. The first-order chi connectivity index (χ1) is 9.43. The van der Waals surface area contributed by atoms with Gasteiger partial charge in [-0.05, 0) is 51.6 Å². The smallest absolute Gasteiger partial charge is 0.251 e. The molecule has 1 rings (SSSR count). The molecule has 3 N–H and O–H groups in total. The van der Waals surface area contributed by atoms with Crippen LogP contribution in [-0.4, -0.2) is 31.4 Å². The molecule has 0 bridgehead atoms. The van der Waals surface area contributed by atoms with Crippen molar-refractivity contribution in [3.05, 3.63) is 29.3 Å². The Morgan fingerprint density at radius 1 is 1.24 bits per heavy atom. The van der Waals surface area contributed by atoms with Gasteiger partial charge in [0.2, 0.25) is 5.91 Å². The molecule has 0 saturated heterocycles. The maximum atomic E-state index is 11.9. The van der Waals surface area contributed by atoms with E-state index in [0.29, 0.717) is 24.2 Å². The fourth-order valence-electron chi connectivity index (χ4n) is 1.80. The number of carbonyl (C=O) groups excluding carboxylic acids is 2. The SMILES string of the molecule is CNCCC(=O)Nc1ccc(C(=O)NC(C)C)c(C)c1.Cl. The predicted octanol–water partition coefficient (Wildman–Crippen LogP) is 2.10. The Kier molecular flexibility index (Phi) is 8.66. The van der Waals surface area contributed by atoms with Gasteiger partial charge >= 0.3 is 0 Å². The number of halogens is 1. The predicted molar refractivity (Wildman–Crippen MR) is 88.2 cm³/mol. The van der Waals surface area contributed by atoms with E-state index in [1.54, 1.807) is 19.2 Å². The highest BCUT2D eigenvalue weighted by Gasteiger charge is 2.11. The second kappa shape index (κ2) is 9.37. The summed E-state index contributed by atoms with van der Waals surface area (Å²) in [5.41, 5.74) is 2.19. The quantitative estimate of drug-likeness (QED) is 0.753. The first-order valence-electron chi connectivity index (χ1n) is 6.80. The third-order valence-corrected chi connectivity index (χ3v) is 2.78. The van der Waals surface area contributed by atoms with Crippen molar-refractivity contribution in [1.82, 2.24) is 10.6 Å². The zero-order chi connectivity index (χ0) is 15.1. The van der Waals surface area contributed by atoms with Gasteiger partial charge in [-0.1, -0.05) is 0 Å². The highest BCUT2D eigenvalue weighted by Crippen LogP contribution is 2.15. The molecule has 0 spiro atoms. The molecule has 0 heterocycles. The molecule has 5 nitrogen and oxygen atoms in total. The minimum Gasteiger partial charge on any atom is -0.350 e. The summed E-state index contributed by atoms with van der Waals surface area (Å²) in [5, 5.41) is 8.59. The van der Waals surface area contributed by atoms with E-state index in [1.807, 2.05) is 26.8 Å². The van der Waals surface area contributed by atoms with Crippen LogP contribution in [0.15, 0.2) is 18.2 Å². The van der Waals surface area contributed by atoms with E-state index in [-0.39, 0.29) is 30.3 Å². The van der Waals surface area contributed by atoms with E-state index in [9.17, 15) is 9.59 Å². The molecule has 0 fully saturated rings. The lowest BCUT2D eigenvalue weighted by Crippen LogP contribution is -2.30. The van der Waals surface area contributed by atoms with Crippen molar-refractivity contribution in [3.63, 3.8) is 0 Å². The normalized spacial score (nSPS) is 9.95. The van der Waals surface area contributed by atoms with E-state index in [4.69, 9.17) is 0 Å². The van der Waals surface area contributed by atoms with Crippen LogP contribution in [0, 0.1) is 6.92 Å². The second-order valence-electron chi connectivity index (χ2n) is 5.06. The zero-order valence-corrected chi connectivity index (χ0v) is 13.8. The van der Waals surface area contributed by atoms with Crippen LogP contribution >= 0.6 is 12.4 Å². The van der Waals surface area contributed by atoms with Gasteiger partial charge in [-0.3, -0.25) is 9.59 Å². The minimum atomic E-state index is -0.0921. The van der Waals surface area contributed by atoms with Crippen molar-refractivity contribution < 1.29 is 9.59 Å². The Morgan fingerprint density at radius 3 is 2.43 bits per heavy atom. The third kappa shape index (κ3) is 6.60. The molecule has 0 atom stereocenters. The average molecular weight is 314 g/mol. The molecule has 0 aliphatic heterocycles. The highest BCUT2D eigenvalue weighted by molar-refractivity contribution is 5.97. The van der Waals surface area contributed by atoms with Crippen molar-refractivity contribution in [1.29, 1.82) is 0 Å². The average Bonchev–Trinajstić information content (AvgIpc) is 2.35. The van der Waals surface area contributed by atoms with E-state index in [2.05, 4.69) is 16.0 Å². The number of nitrogens with one attached hydrogen (secondary N) is 3. The Morgan fingerprint density at radius 2 is 1.90 bits per heavy atom. The molecule has 0 radical (unpaired) electrons. The number of amides is 2. The topological polar surface area (TPSA) is 70.2 Å². The third-order valence-electron chi connectivity index (χ3n) is 2.78. The van der Waals surface area contributed by atoms with Crippen LogP contribution < -0.4 is 16.0 Å². The van der Waals surface area contributed by atoms with Gasteiger partial charge in [-0.2, -0.15) is 0 Å². The number of hydrogen-bond donors (Lipinski definition) is 3. The molecule has 118 valence electrons.